The number of nitrogens with zero attached hydrogens (tertiary/aromatic N) is 1. The van der Waals surface area contributed by atoms with Crippen LogP contribution < -0.4 is 5.73 Å². The molecule has 0 aliphatic heterocycles. The summed E-state index contributed by atoms with van der Waals surface area (Å²) < 4.78 is 0. The maximum atomic E-state index is 12.4. The molecule has 0 spiro atoms. The van der Waals surface area contributed by atoms with Crippen LogP contribution in [0.15, 0.2) is 18.2 Å². The van der Waals surface area contributed by atoms with E-state index in [1.54, 1.807) is 24.1 Å². The summed E-state index contributed by atoms with van der Waals surface area (Å²) in [5.41, 5.74) is 5.93. The Kier molecular flexibility index (Phi) is 5.25. The van der Waals surface area contributed by atoms with Crippen LogP contribution in [-0.2, 0) is 4.79 Å². The monoisotopic (exact) mass is 302 g/mol. The van der Waals surface area contributed by atoms with Crippen LogP contribution >= 0.6 is 23.2 Å². The zero-order valence-corrected chi connectivity index (χ0v) is 13.2. The Morgan fingerprint density at radius 3 is 2.47 bits per heavy atom. The fourth-order valence-corrected chi connectivity index (χ4v) is 2.36. The molecule has 0 heterocycles. The first-order chi connectivity index (χ1) is 8.70. The van der Waals surface area contributed by atoms with Crippen LogP contribution in [0.2, 0.25) is 10.0 Å². The third-order valence-corrected chi connectivity index (χ3v) is 3.97. The molecule has 1 aromatic carbocycles. The minimum absolute atomic E-state index is 0.00600. The first-order valence-corrected chi connectivity index (χ1v) is 6.88. The van der Waals surface area contributed by atoms with Crippen molar-refractivity contribution < 1.29 is 4.79 Å². The van der Waals surface area contributed by atoms with Gasteiger partial charge in [-0.25, -0.2) is 0 Å². The van der Waals surface area contributed by atoms with Crippen molar-refractivity contribution in [3.63, 3.8) is 0 Å². The summed E-state index contributed by atoms with van der Waals surface area (Å²) in [5.74, 6) is -0.00600. The maximum absolute atomic E-state index is 12.4. The fourth-order valence-electron chi connectivity index (χ4n) is 1.79. The van der Waals surface area contributed by atoms with Gasteiger partial charge >= 0.3 is 0 Å². The van der Waals surface area contributed by atoms with Gasteiger partial charge in [-0.1, -0.05) is 29.3 Å². The molecular weight excluding hydrogens is 283 g/mol. The van der Waals surface area contributed by atoms with Crippen molar-refractivity contribution in [2.75, 3.05) is 13.6 Å². The number of carbonyl (C=O) groups excluding carboxylic acids is 1. The number of hydrogen-bond donors (Lipinski definition) is 1. The van der Waals surface area contributed by atoms with Crippen molar-refractivity contribution >= 4 is 29.1 Å². The summed E-state index contributed by atoms with van der Waals surface area (Å²) in [4.78, 5) is 14.0. The van der Waals surface area contributed by atoms with Crippen molar-refractivity contribution in [2.24, 2.45) is 11.1 Å². The van der Waals surface area contributed by atoms with Crippen LogP contribution in [0.25, 0.3) is 0 Å². The van der Waals surface area contributed by atoms with Crippen molar-refractivity contribution in [3.05, 3.63) is 33.8 Å². The Morgan fingerprint density at radius 2 is 2.00 bits per heavy atom. The molecule has 0 saturated carbocycles. The number of halogens is 2. The molecule has 1 amide bonds. The Morgan fingerprint density at radius 1 is 1.42 bits per heavy atom. The van der Waals surface area contributed by atoms with E-state index < -0.39 is 5.41 Å². The second-order valence-corrected chi connectivity index (χ2v) is 6.19. The highest BCUT2D eigenvalue weighted by Gasteiger charge is 2.31. The summed E-state index contributed by atoms with van der Waals surface area (Å²) in [5, 5.41) is 1.14. The minimum Gasteiger partial charge on any atom is -0.338 e. The Hall–Kier alpha value is -0.770. The molecule has 0 aromatic heterocycles. The predicted molar refractivity (Wildman–Crippen MR) is 80.5 cm³/mol. The topological polar surface area (TPSA) is 46.3 Å². The molecule has 0 aliphatic rings. The van der Waals surface area contributed by atoms with Crippen LogP contribution in [0, 0.1) is 5.41 Å². The molecule has 1 rings (SSSR count). The van der Waals surface area contributed by atoms with Crippen molar-refractivity contribution in [3.8, 4) is 0 Å². The molecule has 1 aromatic rings. The standard InChI is InChI=1S/C14H20Cl2N2O/c1-9(11-6-5-10(15)7-12(11)16)18(4)13(19)14(2,3)8-17/h5-7,9H,8,17H2,1-4H3. The van der Waals surface area contributed by atoms with E-state index in [9.17, 15) is 4.79 Å². The highest BCUT2D eigenvalue weighted by atomic mass is 35.5. The summed E-state index contributed by atoms with van der Waals surface area (Å²) in [6, 6.07) is 5.16. The lowest BCUT2D eigenvalue weighted by Gasteiger charge is -2.33. The number of nitrogens with two attached hydrogens (primary N) is 1. The Balaban J connectivity index is 3.00. The molecule has 0 saturated heterocycles. The van der Waals surface area contributed by atoms with E-state index in [1.807, 2.05) is 26.8 Å². The van der Waals surface area contributed by atoms with E-state index in [0.29, 0.717) is 16.6 Å². The molecule has 0 bridgehead atoms. The average Bonchev–Trinajstić information content (AvgIpc) is 2.36. The van der Waals surface area contributed by atoms with Crippen LogP contribution in [0.4, 0.5) is 0 Å². The highest BCUT2D eigenvalue weighted by molar-refractivity contribution is 6.35. The van der Waals surface area contributed by atoms with Gasteiger partial charge in [0.05, 0.1) is 11.5 Å². The van der Waals surface area contributed by atoms with Crippen molar-refractivity contribution in [1.82, 2.24) is 4.90 Å². The SMILES string of the molecule is CC(c1ccc(Cl)cc1Cl)N(C)C(=O)C(C)(C)CN. The van der Waals surface area contributed by atoms with Gasteiger partial charge in [0.1, 0.15) is 0 Å². The Labute approximate surface area is 124 Å². The molecule has 19 heavy (non-hydrogen) atoms. The van der Waals surface area contributed by atoms with Crippen molar-refractivity contribution in [2.45, 2.75) is 26.8 Å². The average molecular weight is 303 g/mol. The van der Waals surface area contributed by atoms with Crippen LogP contribution in [0.1, 0.15) is 32.4 Å². The van der Waals surface area contributed by atoms with Gasteiger partial charge < -0.3 is 10.6 Å². The minimum atomic E-state index is -0.581. The molecule has 0 aliphatic carbocycles. The largest absolute Gasteiger partial charge is 0.338 e. The Bertz CT molecular complexity index is 475. The van der Waals surface area contributed by atoms with Gasteiger partial charge in [0.2, 0.25) is 5.91 Å². The van der Waals surface area contributed by atoms with Crippen LogP contribution in [0.3, 0.4) is 0 Å². The molecule has 5 heteroatoms. The fraction of sp³-hybridized carbons (Fsp3) is 0.500. The number of carbonyl (C=O) groups is 1. The second-order valence-electron chi connectivity index (χ2n) is 5.35. The zero-order chi connectivity index (χ0) is 14.8. The summed E-state index contributed by atoms with van der Waals surface area (Å²) >= 11 is 12.1. The van der Waals surface area contributed by atoms with Crippen LogP contribution in [-0.4, -0.2) is 24.4 Å². The van der Waals surface area contributed by atoms with Crippen LogP contribution in [0.5, 0.6) is 0 Å². The lowest BCUT2D eigenvalue weighted by atomic mass is 9.91. The molecule has 1 atom stereocenters. The normalized spacial score (nSPS) is 13.2. The first kappa shape index (κ1) is 16.3. The first-order valence-electron chi connectivity index (χ1n) is 6.13. The smallest absolute Gasteiger partial charge is 0.229 e. The van der Waals surface area contributed by atoms with Gasteiger partial charge in [-0.15, -0.1) is 0 Å². The molecule has 3 nitrogen and oxygen atoms in total. The van der Waals surface area contributed by atoms with E-state index in [1.165, 1.54) is 0 Å². The quantitative estimate of drug-likeness (QED) is 0.925. The maximum Gasteiger partial charge on any atom is 0.229 e. The lowest BCUT2D eigenvalue weighted by molar-refractivity contribution is -0.140. The van der Waals surface area contributed by atoms with Gasteiger partial charge in [0.15, 0.2) is 0 Å². The van der Waals surface area contributed by atoms with Crippen molar-refractivity contribution in [1.29, 1.82) is 0 Å². The lowest BCUT2D eigenvalue weighted by Crippen LogP contribution is -2.43. The molecular formula is C14H20Cl2N2O. The summed E-state index contributed by atoms with van der Waals surface area (Å²) in [6.45, 7) is 5.90. The number of hydrogen-bond acceptors (Lipinski definition) is 2. The molecule has 0 radical (unpaired) electrons. The van der Waals surface area contributed by atoms with Gasteiger partial charge in [0, 0.05) is 23.6 Å². The summed E-state index contributed by atoms with van der Waals surface area (Å²) in [6.07, 6.45) is 0. The third-order valence-electron chi connectivity index (χ3n) is 3.40. The molecule has 2 N–H and O–H groups in total. The van der Waals surface area contributed by atoms with Gasteiger partial charge in [-0.2, -0.15) is 0 Å². The van der Waals surface area contributed by atoms with Gasteiger partial charge in [-0.05, 0) is 38.5 Å². The second kappa shape index (κ2) is 6.12. The number of amides is 1. The van der Waals surface area contributed by atoms with Gasteiger partial charge in [-0.3, -0.25) is 4.79 Å². The van der Waals surface area contributed by atoms with E-state index in [2.05, 4.69) is 0 Å². The molecule has 0 fully saturated rings. The summed E-state index contributed by atoms with van der Waals surface area (Å²) in [7, 11) is 1.76. The molecule has 106 valence electrons. The number of benzene rings is 1. The third kappa shape index (κ3) is 3.62. The molecule has 1 unspecified atom stereocenters. The zero-order valence-electron chi connectivity index (χ0n) is 11.7. The number of rotatable bonds is 4. The van der Waals surface area contributed by atoms with E-state index in [-0.39, 0.29) is 11.9 Å². The van der Waals surface area contributed by atoms with E-state index >= 15 is 0 Å². The van der Waals surface area contributed by atoms with Gasteiger partial charge in [0.25, 0.3) is 0 Å². The van der Waals surface area contributed by atoms with E-state index in [4.69, 9.17) is 28.9 Å². The highest BCUT2D eigenvalue weighted by Crippen LogP contribution is 2.31. The van der Waals surface area contributed by atoms with E-state index in [0.717, 1.165) is 5.56 Å². The predicted octanol–water partition coefficient (Wildman–Crippen LogP) is 3.50.